The molecule has 0 aliphatic carbocycles. The Morgan fingerprint density at radius 3 is 2.42 bits per heavy atom. The van der Waals surface area contributed by atoms with E-state index in [1.165, 1.54) is 0 Å². The summed E-state index contributed by atoms with van der Waals surface area (Å²) in [6, 6.07) is 2.60. The Morgan fingerprint density at radius 2 is 1.89 bits per heavy atom. The molecule has 0 fully saturated rings. The Kier molecular flexibility index (Phi) is 7.10. The minimum absolute atomic E-state index is 0.0232. The average molecular weight is 267 g/mol. The van der Waals surface area contributed by atoms with Gasteiger partial charge in [-0.2, -0.15) is 5.10 Å². The van der Waals surface area contributed by atoms with E-state index >= 15 is 0 Å². The summed E-state index contributed by atoms with van der Waals surface area (Å²) < 4.78 is 7.74. The van der Waals surface area contributed by atoms with Crippen molar-refractivity contribution in [1.29, 1.82) is 0 Å². The molecule has 1 rings (SSSR count). The van der Waals surface area contributed by atoms with E-state index in [4.69, 9.17) is 10.5 Å². The lowest BCUT2D eigenvalue weighted by Gasteiger charge is -2.21. The summed E-state index contributed by atoms with van der Waals surface area (Å²) in [7, 11) is 0. The molecule has 1 heterocycles. The van der Waals surface area contributed by atoms with Crippen molar-refractivity contribution in [2.75, 3.05) is 6.61 Å². The van der Waals surface area contributed by atoms with Gasteiger partial charge in [0, 0.05) is 25.3 Å². The highest BCUT2D eigenvalue weighted by Gasteiger charge is 2.18. The van der Waals surface area contributed by atoms with Gasteiger partial charge in [0.25, 0.3) is 0 Å². The second-order valence-corrected chi connectivity index (χ2v) is 5.03. The summed E-state index contributed by atoms with van der Waals surface area (Å²) in [5, 5.41) is 4.65. The van der Waals surface area contributed by atoms with Crippen LogP contribution in [-0.2, 0) is 11.2 Å². The predicted molar refractivity (Wildman–Crippen MR) is 79.2 cm³/mol. The molecule has 2 N–H and O–H groups in total. The molecule has 2 atom stereocenters. The molecule has 0 spiro atoms. The molecule has 0 saturated carbocycles. The number of hydrogen-bond acceptors (Lipinski definition) is 3. The standard InChI is InChI=1S/C15H29N3O/c1-5-13(6-2)18-10-9-12(17-18)11-14(16)15(7-3)19-8-4/h9-10,13-15H,5-8,11,16H2,1-4H3. The fourth-order valence-electron chi connectivity index (χ4n) is 2.48. The van der Waals surface area contributed by atoms with Crippen molar-refractivity contribution in [3.63, 3.8) is 0 Å². The highest BCUT2D eigenvalue weighted by atomic mass is 16.5. The number of aromatic nitrogens is 2. The molecule has 0 saturated heterocycles. The fraction of sp³-hybridized carbons (Fsp3) is 0.800. The minimum Gasteiger partial charge on any atom is -0.377 e. The van der Waals surface area contributed by atoms with Gasteiger partial charge in [-0.25, -0.2) is 0 Å². The van der Waals surface area contributed by atoms with E-state index in [9.17, 15) is 0 Å². The summed E-state index contributed by atoms with van der Waals surface area (Å²) >= 11 is 0. The van der Waals surface area contributed by atoms with E-state index in [2.05, 4.69) is 42.8 Å². The number of rotatable bonds is 9. The molecular weight excluding hydrogens is 238 g/mol. The van der Waals surface area contributed by atoms with Gasteiger partial charge >= 0.3 is 0 Å². The van der Waals surface area contributed by atoms with E-state index < -0.39 is 0 Å². The van der Waals surface area contributed by atoms with Gasteiger partial charge in [0.15, 0.2) is 0 Å². The molecule has 2 unspecified atom stereocenters. The molecule has 110 valence electrons. The van der Waals surface area contributed by atoms with Gasteiger partial charge in [-0.05, 0) is 32.3 Å². The molecule has 0 amide bonds. The fourth-order valence-corrected chi connectivity index (χ4v) is 2.48. The first-order valence-corrected chi connectivity index (χ1v) is 7.57. The highest BCUT2D eigenvalue weighted by Crippen LogP contribution is 2.15. The lowest BCUT2D eigenvalue weighted by molar-refractivity contribution is 0.0415. The Morgan fingerprint density at radius 1 is 1.21 bits per heavy atom. The first-order chi connectivity index (χ1) is 9.15. The Bertz CT molecular complexity index is 347. The first kappa shape index (κ1) is 16.2. The maximum absolute atomic E-state index is 6.22. The summed E-state index contributed by atoms with van der Waals surface area (Å²) in [4.78, 5) is 0. The Balaban J connectivity index is 2.62. The third-order valence-corrected chi connectivity index (χ3v) is 3.69. The molecule has 19 heavy (non-hydrogen) atoms. The quantitative estimate of drug-likeness (QED) is 0.748. The molecule has 4 heteroatoms. The van der Waals surface area contributed by atoms with Crippen LogP contribution in [0.1, 0.15) is 58.7 Å². The number of hydrogen-bond donors (Lipinski definition) is 1. The molecule has 1 aromatic rings. The van der Waals surface area contributed by atoms with Crippen LogP contribution >= 0.6 is 0 Å². The summed E-state index contributed by atoms with van der Waals surface area (Å²) in [5.41, 5.74) is 7.29. The third kappa shape index (κ3) is 4.62. The van der Waals surface area contributed by atoms with Crippen molar-refractivity contribution in [3.8, 4) is 0 Å². The predicted octanol–water partition coefficient (Wildman–Crippen LogP) is 2.93. The zero-order valence-electron chi connectivity index (χ0n) is 12.8. The van der Waals surface area contributed by atoms with Crippen LogP contribution in [0.4, 0.5) is 0 Å². The molecule has 4 nitrogen and oxygen atoms in total. The molecule has 1 aromatic heterocycles. The molecule has 0 radical (unpaired) electrons. The van der Waals surface area contributed by atoms with Crippen molar-refractivity contribution >= 4 is 0 Å². The monoisotopic (exact) mass is 267 g/mol. The van der Waals surface area contributed by atoms with Crippen molar-refractivity contribution in [2.24, 2.45) is 5.73 Å². The van der Waals surface area contributed by atoms with E-state index in [0.29, 0.717) is 12.6 Å². The van der Waals surface area contributed by atoms with Crippen LogP contribution in [0.5, 0.6) is 0 Å². The van der Waals surface area contributed by atoms with Gasteiger partial charge in [-0.1, -0.05) is 20.8 Å². The average Bonchev–Trinajstić information content (AvgIpc) is 2.85. The van der Waals surface area contributed by atoms with Gasteiger partial charge in [-0.3, -0.25) is 4.68 Å². The molecule has 0 aliphatic heterocycles. The molecule has 0 aromatic carbocycles. The summed E-state index contributed by atoms with van der Waals surface area (Å²) in [6.45, 7) is 9.24. The van der Waals surface area contributed by atoms with Crippen molar-refractivity contribution in [3.05, 3.63) is 18.0 Å². The van der Waals surface area contributed by atoms with Gasteiger partial charge in [0.2, 0.25) is 0 Å². The number of nitrogens with two attached hydrogens (primary N) is 1. The summed E-state index contributed by atoms with van der Waals surface area (Å²) in [6.07, 6.45) is 6.15. The van der Waals surface area contributed by atoms with Crippen LogP contribution in [-0.4, -0.2) is 28.5 Å². The SMILES string of the molecule is CCOC(CC)C(N)Cc1ccn(C(CC)CC)n1. The van der Waals surface area contributed by atoms with Gasteiger partial charge in [0.1, 0.15) is 0 Å². The third-order valence-electron chi connectivity index (χ3n) is 3.69. The van der Waals surface area contributed by atoms with E-state index in [0.717, 1.165) is 31.4 Å². The van der Waals surface area contributed by atoms with Crippen molar-refractivity contribution < 1.29 is 4.74 Å². The van der Waals surface area contributed by atoms with Gasteiger partial charge in [-0.15, -0.1) is 0 Å². The van der Waals surface area contributed by atoms with Crippen LogP contribution in [0.15, 0.2) is 12.3 Å². The van der Waals surface area contributed by atoms with Crippen LogP contribution in [0, 0.1) is 0 Å². The zero-order valence-corrected chi connectivity index (χ0v) is 12.8. The van der Waals surface area contributed by atoms with Gasteiger partial charge in [0.05, 0.1) is 17.8 Å². The van der Waals surface area contributed by atoms with Gasteiger partial charge < -0.3 is 10.5 Å². The normalized spacial score (nSPS) is 14.8. The van der Waals surface area contributed by atoms with Crippen LogP contribution in [0.2, 0.25) is 0 Å². The Labute approximate surface area is 117 Å². The lowest BCUT2D eigenvalue weighted by atomic mass is 10.0. The summed E-state index contributed by atoms with van der Waals surface area (Å²) in [5.74, 6) is 0. The van der Waals surface area contributed by atoms with Crippen LogP contribution in [0.3, 0.4) is 0 Å². The van der Waals surface area contributed by atoms with E-state index in [-0.39, 0.29) is 12.1 Å². The molecule has 0 aliphatic rings. The largest absolute Gasteiger partial charge is 0.377 e. The maximum Gasteiger partial charge on any atom is 0.0727 e. The topological polar surface area (TPSA) is 53.1 Å². The van der Waals surface area contributed by atoms with E-state index in [1.807, 2.05) is 6.92 Å². The second kappa shape index (κ2) is 8.33. The molecular formula is C15H29N3O. The van der Waals surface area contributed by atoms with Crippen LogP contribution in [0.25, 0.3) is 0 Å². The van der Waals surface area contributed by atoms with Crippen molar-refractivity contribution in [1.82, 2.24) is 9.78 Å². The highest BCUT2D eigenvalue weighted by molar-refractivity contribution is 5.03. The molecule has 0 bridgehead atoms. The Hall–Kier alpha value is -0.870. The smallest absolute Gasteiger partial charge is 0.0727 e. The number of ether oxygens (including phenoxy) is 1. The number of nitrogens with zero attached hydrogens (tertiary/aromatic N) is 2. The maximum atomic E-state index is 6.22. The van der Waals surface area contributed by atoms with Crippen molar-refractivity contribution in [2.45, 2.75) is 71.6 Å². The van der Waals surface area contributed by atoms with E-state index in [1.54, 1.807) is 0 Å². The minimum atomic E-state index is 0.0232. The lowest BCUT2D eigenvalue weighted by Crippen LogP contribution is -2.38. The van der Waals surface area contributed by atoms with Crippen LogP contribution < -0.4 is 5.73 Å². The second-order valence-electron chi connectivity index (χ2n) is 5.03. The zero-order chi connectivity index (χ0) is 14.3. The first-order valence-electron chi connectivity index (χ1n) is 7.57.